The molecule has 80 valence electrons. The van der Waals surface area contributed by atoms with Gasteiger partial charge in [-0.2, -0.15) is 0 Å². The van der Waals surface area contributed by atoms with E-state index in [1.54, 1.807) is 0 Å². The SMILES string of the molecule is NC(c1cccnc1)C1CC2CCC1C2. The van der Waals surface area contributed by atoms with Gasteiger partial charge in [0.2, 0.25) is 0 Å². The van der Waals surface area contributed by atoms with Gasteiger partial charge in [0.25, 0.3) is 0 Å². The molecule has 2 N–H and O–H groups in total. The molecule has 15 heavy (non-hydrogen) atoms. The zero-order valence-corrected chi connectivity index (χ0v) is 8.97. The lowest BCUT2D eigenvalue weighted by Gasteiger charge is -2.27. The fourth-order valence-corrected chi connectivity index (χ4v) is 3.55. The molecular weight excluding hydrogens is 184 g/mol. The smallest absolute Gasteiger partial charge is 0.0341 e. The van der Waals surface area contributed by atoms with Crippen molar-refractivity contribution in [1.82, 2.24) is 4.98 Å². The first-order chi connectivity index (χ1) is 7.34. The van der Waals surface area contributed by atoms with Gasteiger partial charge in [-0.3, -0.25) is 4.98 Å². The van der Waals surface area contributed by atoms with Gasteiger partial charge in [0.1, 0.15) is 0 Å². The molecule has 0 spiro atoms. The second-order valence-corrected chi connectivity index (χ2v) is 5.15. The van der Waals surface area contributed by atoms with E-state index >= 15 is 0 Å². The predicted molar refractivity (Wildman–Crippen MR) is 60.1 cm³/mol. The summed E-state index contributed by atoms with van der Waals surface area (Å²) < 4.78 is 0. The van der Waals surface area contributed by atoms with E-state index < -0.39 is 0 Å². The van der Waals surface area contributed by atoms with Crippen LogP contribution in [0.5, 0.6) is 0 Å². The van der Waals surface area contributed by atoms with E-state index in [2.05, 4.69) is 11.1 Å². The Kier molecular flexibility index (Phi) is 2.24. The first kappa shape index (κ1) is 9.34. The molecule has 1 aromatic rings. The van der Waals surface area contributed by atoms with Crippen LogP contribution in [0.4, 0.5) is 0 Å². The first-order valence-corrected chi connectivity index (χ1v) is 6.00. The van der Waals surface area contributed by atoms with E-state index in [0.717, 1.165) is 11.8 Å². The minimum absolute atomic E-state index is 0.217. The van der Waals surface area contributed by atoms with Gasteiger partial charge in [0.05, 0.1) is 0 Å². The monoisotopic (exact) mass is 202 g/mol. The Morgan fingerprint density at radius 2 is 2.27 bits per heavy atom. The molecule has 2 heteroatoms. The molecule has 2 bridgehead atoms. The molecule has 0 saturated heterocycles. The maximum Gasteiger partial charge on any atom is 0.0341 e. The van der Waals surface area contributed by atoms with E-state index in [1.165, 1.54) is 31.2 Å². The Morgan fingerprint density at radius 1 is 1.33 bits per heavy atom. The van der Waals surface area contributed by atoms with Crippen LogP contribution in [0.2, 0.25) is 0 Å². The molecule has 0 aromatic carbocycles. The molecule has 2 nitrogen and oxygen atoms in total. The van der Waals surface area contributed by atoms with Crippen LogP contribution in [-0.2, 0) is 0 Å². The molecule has 2 fully saturated rings. The maximum atomic E-state index is 6.35. The van der Waals surface area contributed by atoms with Crippen LogP contribution >= 0.6 is 0 Å². The third-order valence-electron chi connectivity index (χ3n) is 4.32. The van der Waals surface area contributed by atoms with Crippen LogP contribution in [0.3, 0.4) is 0 Å². The zero-order valence-electron chi connectivity index (χ0n) is 8.97. The Hall–Kier alpha value is -0.890. The Morgan fingerprint density at radius 3 is 2.87 bits per heavy atom. The molecule has 4 unspecified atom stereocenters. The summed E-state index contributed by atoms with van der Waals surface area (Å²) in [6.07, 6.45) is 9.37. The van der Waals surface area contributed by atoms with Crippen molar-refractivity contribution in [3.8, 4) is 0 Å². The van der Waals surface area contributed by atoms with E-state index in [1.807, 2.05) is 18.5 Å². The molecule has 0 aliphatic heterocycles. The summed E-state index contributed by atoms with van der Waals surface area (Å²) in [6, 6.07) is 4.32. The minimum Gasteiger partial charge on any atom is -0.324 e. The zero-order chi connectivity index (χ0) is 10.3. The molecule has 0 radical (unpaired) electrons. The van der Waals surface area contributed by atoms with Gasteiger partial charge < -0.3 is 5.73 Å². The number of rotatable bonds is 2. The highest BCUT2D eigenvalue weighted by Gasteiger charge is 2.42. The predicted octanol–water partition coefficient (Wildman–Crippen LogP) is 2.52. The Labute approximate surface area is 90.9 Å². The van der Waals surface area contributed by atoms with Crippen LogP contribution in [0.15, 0.2) is 24.5 Å². The summed E-state index contributed by atoms with van der Waals surface area (Å²) in [7, 11) is 0. The summed E-state index contributed by atoms with van der Waals surface area (Å²) in [5.74, 6) is 2.58. The van der Waals surface area contributed by atoms with Crippen molar-refractivity contribution in [3.63, 3.8) is 0 Å². The van der Waals surface area contributed by atoms with E-state index in [0.29, 0.717) is 5.92 Å². The number of pyridine rings is 1. The molecule has 4 atom stereocenters. The number of aromatic nitrogens is 1. The summed E-state index contributed by atoms with van der Waals surface area (Å²) in [4.78, 5) is 4.16. The van der Waals surface area contributed by atoms with Crippen molar-refractivity contribution in [2.24, 2.45) is 23.5 Å². The Balaban J connectivity index is 1.78. The van der Waals surface area contributed by atoms with Crippen molar-refractivity contribution in [3.05, 3.63) is 30.1 Å². The average molecular weight is 202 g/mol. The summed E-state index contributed by atoms with van der Waals surface area (Å²) in [5.41, 5.74) is 7.56. The molecule has 2 aliphatic carbocycles. The summed E-state index contributed by atoms with van der Waals surface area (Å²) in [6.45, 7) is 0. The number of fused-ring (bicyclic) bond motifs is 2. The van der Waals surface area contributed by atoms with Crippen molar-refractivity contribution in [2.45, 2.75) is 31.7 Å². The van der Waals surface area contributed by atoms with E-state index in [-0.39, 0.29) is 6.04 Å². The third-order valence-corrected chi connectivity index (χ3v) is 4.32. The normalized spacial score (nSPS) is 35.7. The molecular formula is C13H18N2. The van der Waals surface area contributed by atoms with Crippen LogP contribution in [0.25, 0.3) is 0 Å². The first-order valence-electron chi connectivity index (χ1n) is 6.00. The maximum absolute atomic E-state index is 6.35. The van der Waals surface area contributed by atoms with Gasteiger partial charge >= 0.3 is 0 Å². The highest BCUT2D eigenvalue weighted by molar-refractivity contribution is 5.16. The average Bonchev–Trinajstić information content (AvgIpc) is 2.91. The van der Waals surface area contributed by atoms with Crippen LogP contribution in [0, 0.1) is 17.8 Å². The number of hydrogen-bond acceptors (Lipinski definition) is 2. The second-order valence-electron chi connectivity index (χ2n) is 5.15. The topological polar surface area (TPSA) is 38.9 Å². The van der Waals surface area contributed by atoms with Crippen molar-refractivity contribution in [2.75, 3.05) is 0 Å². The molecule has 2 saturated carbocycles. The van der Waals surface area contributed by atoms with Crippen molar-refractivity contribution < 1.29 is 0 Å². The van der Waals surface area contributed by atoms with Gasteiger partial charge in [-0.25, -0.2) is 0 Å². The fourth-order valence-electron chi connectivity index (χ4n) is 3.55. The van der Waals surface area contributed by atoms with Crippen molar-refractivity contribution >= 4 is 0 Å². The standard InChI is InChI=1S/C13H18N2/c14-13(11-2-1-5-15-8-11)12-7-9-3-4-10(12)6-9/h1-2,5,8-10,12-13H,3-4,6-7,14H2. The second kappa shape index (κ2) is 3.60. The lowest BCUT2D eigenvalue weighted by molar-refractivity contribution is 0.284. The summed E-state index contributed by atoms with van der Waals surface area (Å²) >= 11 is 0. The van der Waals surface area contributed by atoms with Crippen molar-refractivity contribution in [1.29, 1.82) is 0 Å². The van der Waals surface area contributed by atoms with Gasteiger partial charge in [-0.15, -0.1) is 0 Å². The molecule has 0 amide bonds. The largest absolute Gasteiger partial charge is 0.324 e. The Bertz CT molecular complexity index is 336. The molecule has 1 aromatic heterocycles. The third kappa shape index (κ3) is 1.57. The van der Waals surface area contributed by atoms with Gasteiger partial charge in [-0.1, -0.05) is 12.5 Å². The molecule has 2 aliphatic rings. The quantitative estimate of drug-likeness (QED) is 0.800. The van der Waals surface area contributed by atoms with Crippen LogP contribution in [0.1, 0.15) is 37.3 Å². The lowest BCUT2D eigenvalue weighted by atomic mass is 9.81. The van der Waals surface area contributed by atoms with Crippen LogP contribution < -0.4 is 5.73 Å². The van der Waals surface area contributed by atoms with Crippen LogP contribution in [-0.4, -0.2) is 4.98 Å². The van der Waals surface area contributed by atoms with Gasteiger partial charge in [-0.05, 0) is 48.6 Å². The summed E-state index contributed by atoms with van der Waals surface area (Å²) in [5, 5.41) is 0. The molecule has 1 heterocycles. The minimum atomic E-state index is 0.217. The van der Waals surface area contributed by atoms with E-state index in [4.69, 9.17) is 5.73 Å². The van der Waals surface area contributed by atoms with Gasteiger partial charge in [0.15, 0.2) is 0 Å². The van der Waals surface area contributed by atoms with E-state index in [9.17, 15) is 0 Å². The number of nitrogens with zero attached hydrogens (tertiary/aromatic N) is 1. The lowest BCUT2D eigenvalue weighted by Crippen LogP contribution is -2.25. The van der Waals surface area contributed by atoms with Gasteiger partial charge in [0, 0.05) is 18.4 Å². The highest BCUT2D eigenvalue weighted by Crippen LogP contribution is 2.51. The number of hydrogen-bond donors (Lipinski definition) is 1. The molecule has 3 rings (SSSR count). The number of nitrogens with two attached hydrogens (primary N) is 1. The highest BCUT2D eigenvalue weighted by atomic mass is 14.7. The fraction of sp³-hybridized carbons (Fsp3) is 0.615.